The average Bonchev–Trinajstić information content (AvgIpc) is 3.17. The summed E-state index contributed by atoms with van der Waals surface area (Å²) in [5.74, 6) is 0.779. The molecule has 27 heavy (non-hydrogen) atoms. The van der Waals surface area contributed by atoms with Crippen molar-refractivity contribution in [2.75, 3.05) is 33.2 Å². The molecule has 0 bridgehead atoms. The number of hydrogen-bond donors (Lipinski definition) is 2. The van der Waals surface area contributed by atoms with Crippen molar-refractivity contribution >= 4 is 41.5 Å². The lowest BCUT2D eigenvalue weighted by Gasteiger charge is -2.31. The fraction of sp³-hybridized carbons (Fsp3) is 0.474. The van der Waals surface area contributed by atoms with Crippen molar-refractivity contribution < 1.29 is 0 Å². The summed E-state index contributed by atoms with van der Waals surface area (Å²) in [6.45, 7) is 8.53. The van der Waals surface area contributed by atoms with E-state index in [1.165, 1.54) is 0 Å². The lowest BCUT2D eigenvalue weighted by molar-refractivity contribution is 0.219. The molecule has 1 unspecified atom stereocenters. The quantitative estimate of drug-likeness (QED) is 0.312. The van der Waals surface area contributed by atoms with Crippen LogP contribution in [0.15, 0.2) is 47.7 Å². The molecule has 0 aliphatic heterocycles. The molecule has 1 heterocycles. The third kappa shape index (κ3) is 7.31. The summed E-state index contributed by atoms with van der Waals surface area (Å²) in [7, 11) is 1.78. The minimum atomic E-state index is 0. The SMILES string of the molecule is CCN(CC)C(CNC(=NC)NCCn1cccn1)c1ccccc1Cl.I. The second kappa shape index (κ2) is 13.0. The Hall–Kier alpha value is -1.32. The van der Waals surface area contributed by atoms with E-state index < -0.39 is 0 Å². The van der Waals surface area contributed by atoms with Gasteiger partial charge in [-0.05, 0) is 30.8 Å². The van der Waals surface area contributed by atoms with E-state index in [4.69, 9.17) is 11.6 Å². The van der Waals surface area contributed by atoms with Gasteiger partial charge in [-0.1, -0.05) is 43.6 Å². The number of nitrogens with one attached hydrogen (secondary N) is 2. The van der Waals surface area contributed by atoms with Gasteiger partial charge in [0.05, 0.1) is 12.6 Å². The van der Waals surface area contributed by atoms with E-state index in [-0.39, 0.29) is 30.0 Å². The molecule has 2 N–H and O–H groups in total. The fourth-order valence-corrected chi connectivity index (χ4v) is 3.24. The van der Waals surface area contributed by atoms with Crippen molar-refractivity contribution in [2.45, 2.75) is 26.4 Å². The van der Waals surface area contributed by atoms with E-state index in [2.05, 4.69) is 45.5 Å². The van der Waals surface area contributed by atoms with Crippen LogP contribution in [0.1, 0.15) is 25.5 Å². The number of hydrogen-bond acceptors (Lipinski definition) is 3. The number of benzene rings is 1. The standard InChI is InChI=1S/C19H29ClN6.HI/c1-4-25(5-2)18(16-9-6-7-10-17(16)20)15-23-19(21-3)22-12-14-26-13-8-11-24-26;/h6-11,13,18H,4-5,12,14-15H2,1-3H3,(H2,21,22,23);1H. The molecule has 150 valence electrons. The van der Waals surface area contributed by atoms with E-state index in [0.717, 1.165) is 49.3 Å². The maximum atomic E-state index is 6.46. The highest BCUT2D eigenvalue weighted by molar-refractivity contribution is 14.0. The van der Waals surface area contributed by atoms with Crippen molar-refractivity contribution in [3.63, 3.8) is 0 Å². The van der Waals surface area contributed by atoms with Crippen LogP contribution < -0.4 is 10.6 Å². The Morgan fingerprint density at radius 2 is 1.96 bits per heavy atom. The van der Waals surface area contributed by atoms with Gasteiger partial charge in [-0.15, -0.1) is 24.0 Å². The normalized spacial score (nSPS) is 12.6. The van der Waals surface area contributed by atoms with Gasteiger partial charge in [0, 0.05) is 37.6 Å². The van der Waals surface area contributed by atoms with E-state index in [0.29, 0.717) is 0 Å². The third-order valence-corrected chi connectivity index (χ3v) is 4.74. The highest BCUT2D eigenvalue weighted by Gasteiger charge is 2.20. The zero-order chi connectivity index (χ0) is 18.8. The van der Waals surface area contributed by atoms with Crippen LogP contribution in [0.3, 0.4) is 0 Å². The Kier molecular flexibility index (Phi) is 11.4. The highest BCUT2D eigenvalue weighted by Crippen LogP contribution is 2.26. The average molecular weight is 505 g/mol. The molecule has 0 saturated heterocycles. The number of guanidine groups is 1. The Bertz CT molecular complexity index is 673. The summed E-state index contributed by atoms with van der Waals surface area (Å²) in [5.41, 5.74) is 1.14. The maximum absolute atomic E-state index is 6.46. The summed E-state index contributed by atoms with van der Waals surface area (Å²) >= 11 is 6.46. The lowest BCUT2D eigenvalue weighted by atomic mass is 10.0. The van der Waals surface area contributed by atoms with Gasteiger partial charge < -0.3 is 10.6 Å². The van der Waals surface area contributed by atoms with Crippen LogP contribution in [-0.2, 0) is 6.54 Å². The van der Waals surface area contributed by atoms with E-state index >= 15 is 0 Å². The summed E-state index contributed by atoms with van der Waals surface area (Å²) in [5, 5.41) is 11.8. The Morgan fingerprint density at radius 3 is 2.56 bits per heavy atom. The first-order chi connectivity index (χ1) is 12.7. The van der Waals surface area contributed by atoms with Crippen LogP contribution >= 0.6 is 35.6 Å². The Labute approximate surface area is 184 Å². The monoisotopic (exact) mass is 504 g/mol. The van der Waals surface area contributed by atoms with Gasteiger partial charge >= 0.3 is 0 Å². The molecule has 8 heteroatoms. The van der Waals surface area contributed by atoms with E-state index in [1.807, 2.05) is 35.1 Å². The summed E-state index contributed by atoms with van der Waals surface area (Å²) in [6, 6.07) is 10.2. The van der Waals surface area contributed by atoms with Gasteiger partial charge in [-0.25, -0.2) is 0 Å². The zero-order valence-corrected chi connectivity index (χ0v) is 19.3. The molecule has 0 aliphatic carbocycles. The van der Waals surface area contributed by atoms with Gasteiger partial charge in [0.15, 0.2) is 5.96 Å². The van der Waals surface area contributed by atoms with Crippen LogP contribution in [0.25, 0.3) is 0 Å². The second-order valence-corrected chi connectivity index (χ2v) is 6.31. The van der Waals surface area contributed by atoms with Crippen molar-refractivity contribution in [3.8, 4) is 0 Å². The Morgan fingerprint density at radius 1 is 1.22 bits per heavy atom. The van der Waals surface area contributed by atoms with Crippen molar-refractivity contribution in [2.24, 2.45) is 4.99 Å². The van der Waals surface area contributed by atoms with Gasteiger partial charge in [-0.3, -0.25) is 14.6 Å². The summed E-state index contributed by atoms with van der Waals surface area (Å²) in [6.07, 6.45) is 3.73. The van der Waals surface area contributed by atoms with Gasteiger partial charge in [0.1, 0.15) is 0 Å². The number of rotatable bonds is 9. The molecule has 0 spiro atoms. The molecule has 0 aliphatic rings. The first kappa shape index (κ1) is 23.7. The predicted molar refractivity (Wildman–Crippen MR) is 124 cm³/mol. The molecule has 6 nitrogen and oxygen atoms in total. The van der Waals surface area contributed by atoms with Crippen LogP contribution in [-0.4, -0.2) is 53.9 Å². The molecular formula is C19H30ClIN6. The molecular weight excluding hydrogens is 475 g/mol. The number of aliphatic imine (C=N–C) groups is 1. The maximum Gasteiger partial charge on any atom is 0.191 e. The topological polar surface area (TPSA) is 57.5 Å². The first-order valence-corrected chi connectivity index (χ1v) is 9.47. The number of likely N-dealkylation sites (N-methyl/N-ethyl adjacent to an activating group) is 1. The van der Waals surface area contributed by atoms with Crippen molar-refractivity contribution in [1.82, 2.24) is 25.3 Å². The largest absolute Gasteiger partial charge is 0.355 e. The molecule has 1 aromatic heterocycles. The first-order valence-electron chi connectivity index (χ1n) is 9.10. The minimum Gasteiger partial charge on any atom is -0.355 e. The zero-order valence-electron chi connectivity index (χ0n) is 16.2. The van der Waals surface area contributed by atoms with E-state index in [1.54, 1.807) is 13.2 Å². The van der Waals surface area contributed by atoms with Gasteiger partial charge in [-0.2, -0.15) is 5.10 Å². The number of nitrogens with zero attached hydrogens (tertiary/aromatic N) is 4. The van der Waals surface area contributed by atoms with Crippen LogP contribution in [0.4, 0.5) is 0 Å². The van der Waals surface area contributed by atoms with Gasteiger partial charge in [0.25, 0.3) is 0 Å². The summed E-state index contributed by atoms with van der Waals surface area (Å²) < 4.78 is 1.89. The molecule has 0 amide bonds. The molecule has 0 radical (unpaired) electrons. The minimum absolute atomic E-state index is 0. The molecule has 1 atom stereocenters. The van der Waals surface area contributed by atoms with Crippen LogP contribution in [0, 0.1) is 0 Å². The molecule has 1 aromatic carbocycles. The second-order valence-electron chi connectivity index (χ2n) is 5.91. The molecule has 0 saturated carbocycles. The smallest absolute Gasteiger partial charge is 0.191 e. The lowest BCUT2D eigenvalue weighted by Crippen LogP contribution is -2.44. The van der Waals surface area contributed by atoms with Crippen LogP contribution in [0.2, 0.25) is 5.02 Å². The number of halogens is 2. The van der Waals surface area contributed by atoms with Gasteiger partial charge in [0.2, 0.25) is 0 Å². The number of aromatic nitrogens is 2. The fourth-order valence-electron chi connectivity index (χ4n) is 2.98. The molecule has 2 aromatic rings. The third-order valence-electron chi connectivity index (χ3n) is 4.40. The molecule has 0 fully saturated rings. The van der Waals surface area contributed by atoms with Crippen molar-refractivity contribution in [3.05, 3.63) is 53.3 Å². The van der Waals surface area contributed by atoms with Crippen molar-refractivity contribution in [1.29, 1.82) is 0 Å². The van der Waals surface area contributed by atoms with Crippen LogP contribution in [0.5, 0.6) is 0 Å². The van der Waals surface area contributed by atoms with E-state index in [9.17, 15) is 0 Å². The summed E-state index contributed by atoms with van der Waals surface area (Å²) in [4.78, 5) is 6.71. The Balaban J connectivity index is 0.00000364. The highest BCUT2D eigenvalue weighted by atomic mass is 127. The molecule has 2 rings (SSSR count). The predicted octanol–water partition coefficient (Wildman–Crippen LogP) is 3.40.